The van der Waals surface area contributed by atoms with E-state index in [0.29, 0.717) is 23.0 Å². The third-order valence-corrected chi connectivity index (χ3v) is 5.32. The van der Waals surface area contributed by atoms with Gasteiger partial charge in [0.15, 0.2) is 5.82 Å². The molecular weight excluding hydrogens is 376 g/mol. The number of hydrogen-bond donors (Lipinski definition) is 2. The molecule has 1 aromatic carbocycles. The Morgan fingerprint density at radius 1 is 1.14 bits per heavy atom. The first-order valence-corrected chi connectivity index (χ1v) is 10.7. The van der Waals surface area contributed by atoms with Crippen LogP contribution in [-0.4, -0.2) is 35.6 Å². The van der Waals surface area contributed by atoms with Crippen LogP contribution in [0.2, 0.25) is 0 Å². The van der Waals surface area contributed by atoms with Crippen LogP contribution in [0.3, 0.4) is 0 Å². The van der Waals surface area contributed by atoms with Gasteiger partial charge in [-0.2, -0.15) is 4.98 Å². The molecule has 0 unspecified atom stereocenters. The van der Waals surface area contributed by atoms with Gasteiger partial charge in [0.2, 0.25) is 16.0 Å². The Bertz CT molecular complexity index is 1100. The van der Waals surface area contributed by atoms with Crippen molar-refractivity contribution in [2.75, 3.05) is 11.9 Å². The number of benzene rings is 1. The van der Waals surface area contributed by atoms with Gasteiger partial charge in [0.25, 0.3) is 0 Å². The predicted molar refractivity (Wildman–Crippen MR) is 108 cm³/mol. The summed E-state index contributed by atoms with van der Waals surface area (Å²) in [4.78, 5) is 17.7. The first kappa shape index (κ1) is 18.5. The molecule has 0 fully saturated rings. The molecule has 1 aliphatic carbocycles. The molecule has 1 aliphatic heterocycles. The van der Waals surface area contributed by atoms with Crippen molar-refractivity contribution in [2.24, 2.45) is 10.1 Å². The van der Waals surface area contributed by atoms with Gasteiger partial charge in [-0.05, 0) is 42.5 Å². The third kappa shape index (κ3) is 4.32. The molecule has 28 heavy (non-hydrogen) atoms. The molecule has 2 aromatic rings. The number of sulfonamides is 1. The molecule has 4 rings (SSSR count). The van der Waals surface area contributed by atoms with Crippen molar-refractivity contribution in [1.82, 2.24) is 15.0 Å². The quantitative estimate of drug-likeness (QED) is 0.747. The zero-order chi connectivity index (χ0) is 19.6. The molecule has 0 amide bonds. The second-order valence-corrected chi connectivity index (χ2v) is 8.32. The molecule has 1 aromatic heterocycles. The highest BCUT2D eigenvalue weighted by Crippen LogP contribution is 2.28. The highest BCUT2D eigenvalue weighted by Gasteiger charge is 2.21. The average molecular weight is 396 g/mol. The van der Waals surface area contributed by atoms with Gasteiger partial charge in [-0.3, -0.25) is 4.99 Å². The Kier molecular flexibility index (Phi) is 5.01. The van der Waals surface area contributed by atoms with Crippen molar-refractivity contribution in [1.29, 1.82) is 0 Å². The minimum absolute atomic E-state index is 0.230. The summed E-state index contributed by atoms with van der Waals surface area (Å²) in [6, 6.07) is 6.97. The van der Waals surface area contributed by atoms with E-state index >= 15 is 0 Å². The van der Waals surface area contributed by atoms with Crippen LogP contribution in [0.5, 0.6) is 0 Å². The number of dihydropyridines is 1. The number of nitrogens with one attached hydrogen (secondary N) is 1. The van der Waals surface area contributed by atoms with Crippen LogP contribution in [0.4, 0.5) is 11.6 Å². The minimum Gasteiger partial charge on any atom is -0.324 e. The van der Waals surface area contributed by atoms with Gasteiger partial charge in [-0.25, -0.2) is 23.5 Å². The maximum absolute atomic E-state index is 11.3. The Hall–Kier alpha value is -2.91. The molecule has 0 atom stereocenters. The highest BCUT2D eigenvalue weighted by molar-refractivity contribution is 7.88. The molecule has 0 spiro atoms. The monoisotopic (exact) mass is 396 g/mol. The van der Waals surface area contributed by atoms with Crippen molar-refractivity contribution in [3.05, 3.63) is 65.3 Å². The standard InChI is InChI=1S/C19H20N6O2S/c20-28(26,27)11-13-4-3-6-15(10-13)24-19-23-12-22-18(25-19)17-16-7-2-1-5-14(16)8-9-21-17/h1-4,6,10,12H,5,7-9,11H2,(H2,20,26,27)(H,22,23,24,25). The number of nitrogens with zero attached hydrogens (tertiary/aromatic N) is 4. The van der Waals surface area contributed by atoms with Crippen LogP contribution >= 0.6 is 0 Å². The van der Waals surface area contributed by atoms with E-state index in [4.69, 9.17) is 5.14 Å². The first-order chi connectivity index (χ1) is 13.5. The van der Waals surface area contributed by atoms with E-state index < -0.39 is 10.0 Å². The van der Waals surface area contributed by atoms with Crippen LogP contribution in [0.15, 0.2) is 58.9 Å². The molecular formula is C19H20N6O2S. The number of aromatic nitrogens is 3. The van der Waals surface area contributed by atoms with Crippen LogP contribution in [0.25, 0.3) is 0 Å². The molecule has 0 saturated carbocycles. The topological polar surface area (TPSA) is 123 Å². The fourth-order valence-corrected chi connectivity index (χ4v) is 4.03. The van der Waals surface area contributed by atoms with Crippen LogP contribution in [0, 0.1) is 0 Å². The Labute approximate surface area is 163 Å². The minimum atomic E-state index is -3.59. The van der Waals surface area contributed by atoms with Crippen LogP contribution < -0.4 is 10.5 Å². The van der Waals surface area contributed by atoms with Gasteiger partial charge in [0, 0.05) is 12.2 Å². The predicted octanol–water partition coefficient (Wildman–Crippen LogP) is 2.24. The molecule has 3 N–H and O–H groups in total. The van der Waals surface area contributed by atoms with E-state index in [1.807, 2.05) is 0 Å². The average Bonchev–Trinajstić information content (AvgIpc) is 2.67. The fourth-order valence-electron chi connectivity index (χ4n) is 3.39. The Balaban J connectivity index is 1.58. The van der Waals surface area contributed by atoms with Gasteiger partial charge < -0.3 is 5.32 Å². The summed E-state index contributed by atoms with van der Waals surface area (Å²) >= 11 is 0. The molecule has 144 valence electrons. The Morgan fingerprint density at radius 2 is 2.00 bits per heavy atom. The SMILES string of the molecule is NS(=O)(=O)Cc1cccc(Nc2ncnc(C3=NCCC4=C3CC=CC4)n2)c1. The Morgan fingerprint density at radius 3 is 2.86 bits per heavy atom. The number of allylic oxidation sites excluding steroid dienone is 3. The second kappa shape index (κ2) is 7.61. The maximum atomic E-state index is 11.3. The van der Waals surface area contributed by atoms with E-state index in [2.05, 4.69) is 37.4 Å². The second-order valence-electron chi connectivity index (χ2n) is 6.71. The fraction of sp³-hybridized carbons (Fsp3) is 0.263. The van der Waals surface area contributed by atoms with E-state index in [1.165, 1.54) is 17.5 Å². The number of nitrogens with two attached hydrogens (primary N) is 1. The van der Waals surface area contributed by atoms with Gasteiger partial charge in [-0.1, -0.05) is 29.9 Å². The van der Waals surface area contributed by atoms with E-state index in [-0.39, 0.29) is 5.75 Å². The number of rotatable bonds is 5. The van der Waals surface area contributed by atoms with Gasteiger partial charge >= 0.3 is 0 Å². The maximum Gasteiger partial charge on any atom is 0.230 e. The zero-order valence-corrected chi connectivity index (χ0v) is 16.0. The lowest BCUT2D eigenvalue weighted by atomic mass is 9.89. The largest absolute Gasteiger partial charge is 0.324 e. The van der Waals surface area contributed by atoms with Crippen LogP contribution in [-0.2, 0) is 15.8 Å². The molecule has 8 nitrogen and oxygen atoms in total. The van der Waals surface area contributed by atoms with Crippen molar-refractivity contribution in [3.8, 4) is 0 Å². The lowest BCUT2D eigenvalue weighted by Crippen LogP contribution is -2.18. The summed E-state index contributed by atoms with van der Waals surface area (Å²) in [6.07, 6.45) is 8.58. The van der Waals surface area contributed by atoms with Gasteiger partial charge in [0.1, 0.15) is 12.0 Å². The van der Waals surface area contributed by atoms with Crippen molar-refractivity contribution in [3.63, 3.8) is 0 Å². The molecule has 2 aliphatic rings. The highest BCUT2D eigenvalue weighted by atomic mass is 32.2. The lowest BCUT2D eigenvalue weighted by Gasteiger charge is -2.21. The van der Waals surface area contributed by atoms with E-state index in [0.717, 1.165) is 31.5 Å². The summed E-state index contributed by atoms with van der Waals surface area (Å²) in [5.74, 6) is 0.687. The summed E-state index contributed by atoms with van der Waals surface area (Å²) in [5, 5.41) is 8.22. The van der Waals surface area contributed by atoms with Crippen molar-refractivity contribution < 1.29 is 8.42 Å². The molecule has 9 heteroatoms. The summed E-state index contributed by atoms with van der Waals surface area (Å²) in [5.41, 5.74) is 4.70. The molecule has 2 heterocycles. The van der Waals surface area contributed by atoms with E-state index in [9.17, 15) is 8.42 Å². The third-order valence-electron chi connectivity index (χ3n) is 4.58. The number of hydrogen-bond acceptors (Lipinski definition) is 7. The first-order valence-electron chi connectivity index (χ1n) is 8.94. The molecule has 0 bridgehead atoms. The summed E-state index contributed by atoms with van der Waals surface area (Å²) in [6.45, 7) is 0.742. The number of aliphatic imine (C=N–C) groups is 1. The molecule has 0 radical (unpaired) electrons. The normalized spacial score (nSPS) is 16.5. The van der Waals surface area contributed by atoms with Crippen molar-refractivity contribution in [2.45, 2.75) is 25.0 Å². The van der Waals surface area contributed by atoms with Crippen LogP contribution in [0.1, 0.15) is 30.7 Å². The van der Waals surface area contributed by atoms with Gasteiger partial charge in [-0.15, -0.1) is 0 Å². The number of anilines is 2. The smallest absolute Gasteiger partial charge is 0.230 e. The zero-order valence-electron chi connectivity index (χ0n) is 15.2. The number of primary sulfonamides is 1. The lowest BCUT2D eigenvalue weighted by molar-refractivity contribution is 0.597. The van der Waals surface area contributed by atoms with Crippen molar-refractivity contribution >= 4 is 27.4 Å². The van der Waals surface area contributed by atoms with E-state index in [1.54, 1.807) is 24.3 Å². The van der Waals surface area contributed by atoms with Gasteiger partial charge in [0.05, 0.1) is 5.75 Å². The molecule has 0 saturated heterocycles. The summed E-state index contributed by atoms with van der Waals surface area (Å²) < 4.78 is 22.6. The summed E-state index contributed by atoms with van der Waals surface area (Å²) in [7, 11) is -3.59.